The van der Waals surface area contributed by atoms with Crippen LogP contribution in [-0.2, 0) is 4.79 Å². The molecule has 0 saturated carbocycles. The molecule has 1 atom stereocenters. The topological polar surface area (TPSA) is 26.3 Å². The van der Waals surface area contributed by atoms with Gasteiger partial charge in [-0.15, -0.1) is 0 Å². The number of ether oxygens (including phenoxy) is 1. The number of methoxy groups -OCH3 is 1. The Labute approximate surface area is 105 Å². The molecule has 0 bridgehead atoms. The second-order valence-corrected chi connectivity index (χ2v) is 5.06. The maximum absolute atomic E-state index is 11.2. The second-order valence-electron chi connectivity index (χ2n) is 2.90. The van der Waals surface area contributed by atoms with E-state index in [9.17, 15) is 4.79 Å². The third kappa shape index (κ3) is 2.95. The average Bonchev–Trinajstić information content (AvgIpc) is 2.15. The zero-order chi connectivity index (χ0) is 10.7. The molecule has 2 nitrogen and oxygen atoms in total. The van der Waals surface area contributed by atoms with Gasteiger partial charge in [0.2, 0.25) is 0 Å². The van der Waals surface area contributed by atoms with E-state index < -0.39 is 0 Å². The average molecular weight is 369 g/mol. The molecule has 0 spiro atoms. The van der Waals surface area contributed by atoms with Gasteiger partial charge in [-0.1, -0.05) is 15.9 Å². The van der Waals surface area contributed by atoms with Crippen LogP contribution in [0.25, 0.3) is 0 Å². The summed E-state index contributed by atoms with van der Waals surface area (Å²) in [6, 6.07) is 5.75. The van der Waals surface area contributed by atoms with Crippen LogP contribution in [0.5, 0.6) is 5.75 Å². The zero-order valence-corrected chi connectivity index (χ0v) is 11.6. The number of hydrogen-bond donors (Lipinski definition) is 0. The summed E-state index contributed by atoms with van der Waals surface area (Å²) in [5, 5.41) is 0. The van der Waals surface area contributed by atoms with Crippen molar-refractivity contribution in [1.29, 1.82) is 0 Å². The molecule has 0 radical (unpaired) electrons. The first-order chi connectivity index (χ1) is 6.54. The van der Waals surface area contributed by atoms with Crippen molar-refractivity contribution < 1.29 is 9.53 Å². The number of Topliss-reactive ketones (excluding diaryl/α,β-unsaturated/α-hetero) is 1. The summed E-state index contributed by atoms with van der Waals surface area (Å²) >= 11 is 5.54. The maximum Gasteiger partial charge on any atom is 0.147 e. The quantitative estimate of drug-likeness (QED) is 0.604. The molecule has 14 heavy (non-hydrogen) atoms. The Hall–Kier alpha value is -0.100. The molecule has 0 saturated heterocycles. The van der Waals surface area contributed by atoms with Gasteiger partial charge in [-0.2, -0.15) is 0 Å². The lowest BCUT2D eigenvalue weighted by Gasteiger charge is -2.09. The van der Waals surface area contributed by atoms with Crippen LogP contribution in [0, 0.1) is 3.57 Å². The van der Waals surface area contributed by atoms with Crippen LogP contribution in [-0.4, -0.2) is 12.9 Å². The number of hydrogen-bond acceptors (Lipinski definition) is 2. The second kappa shape index (κ2) is 5.11. The number of benzene rings is 1. The van der Waals surface area contributed by atoms with Crippen molar-refractivity contribution in [3.63, 3.8) is 0 Å². The molecule has 4 heteroatoms. The zero-order valence-electron chi connectivity index (χ0n) is 7.88. The standard InChI is InChI=1S/C10H10BrIO2/c1-6(13)10(11)7-3-8(12)5-9(4-7)14-2/h3-5,10H,1-2H3. The van der Waals surface area contributed by atoms with E-state index in [1.54, 1.807) is 14.0 Å². The molecule has 1 unspecified atom stereocenters. The predicted octanol–water partition coefficient (Wildman–Crippen LogP) is 3.32. The first-order valence-corrected chi connectivity index (χ1v) is 6.03. The summed E-state index contributed by atoms with van der Waals surface area (Å²) < 4.78 is 6.19. The van der Waals surface area contributed by atoms with Gasteiger partial charge in [0, 0.05) is 3.57 Å². The van der Waals surface area contributed by atoms with Gasteiger partial charge >= 0.3 is 0 Å². The highest BCUT2D eigenvalue weighted by molar-refractivity contribution is 14.1. The minimum atomic E-state index is -0.244. The number of halogens is 2. The van der Waals surface area contributed by atoms with Gasteiger partial charge in [0.1, 0.15) is 11.5 Å². The van der Waals surface area contributed by atoms with Gasteiger partial charge in [-0.05, 0) is 53.3 Å². The highest BCUT2D eigenvalue weighted by Gasteiger charge is 2.13. The molecule has 1 rings (SSSR count). The van der Waals surface area contributed by atoms with Crippen molar-refractivity contribution in [1.82, 2.24) is 0 Å². The van der Waals surface area contributed by atoms with Crippen molar-refractivity contribution >= 4 is 44.3 Å². The van der Waals surface area contributed by atoms with Gasteiger partial charge in [0.25, 0.3) is 0 Å². The van der Waals surface area contributed by atoms with Crippen LogP contribution >= 0.6 is 38.5 Å². The molecule has 0 heterocycles. The summed E-state index contributed by atoms with van der Waals surface area (Å²) in [6.07, 6.45) is 0. The van der Waals surface area contributed by atoms with Crippen LogP contribution < -0.4 is 4.74 Å². The predicted molar refractivity (Wildman–Crippen MR) is 68.1 cm³/mol. The Morgan fingerprint density at radius 3 is 2.64 bits per heavy atom. The fraction of sp³-hybridized carbons (Fsp3) is 0.300. The summed E-state index contributed by atoms with van der Waals surface area (Å²) in [5.74, 6) is 0.867. The largest absolute Gasteiger partial charge is 0.497 e. The molecule has 0 aromatic heterocycles. The minimum Gasteiger partial charge on any atom is -0.497 e. The van der Waals surface area contributed by atoms with E-state index in [4.69, 9.17) is 4.74 Å². The van der Waals surface area contributed by atoms with Gasteiger partial charge in [-0.3, -0.25) is 4.79 Å². The van der Waals surface area contributed by atoms with Crippen molar-refractivity contribution in [2.45, 2.75) is 11.8 Å². The highest BCUT2D eigenvalue weighted by Crippen LogP contribution is 2.28. The number of carbonyl (C=O) groups excluding carboxylic acids is 1. The van der Waals surface area contributed by atoms with Crippen molar-refractivity contribution in [3.05, 3.63) is 27.3 Å². The Morgan fingerprint density at radius 1 is 1.50 bits per heavy atom. The van der Waals surface area contributed by atoms with E-state index in [2.05, 4.69) is 38.5 Å². The van der Waals surface area contributed by atoms with E-state index in [0.29, 0.717) is 0 Å². The van der Waals surface area contributed by atoms with Crippen LogP contribution in [0.1, 0.15) is 17.3 Å². The minimum absolute atomic E-state index is 0.0917. The summed E-state index contributed by atoms with van der Waals surface area (Å²) in [6.45, 7) is 1.56. The molecule has 0 aliphatic carbocycles. The first kappa shape index (κ1) is 12.0. The smallest absolute Gasteiger partial charge is 0.147 e. The van der Waals surface area contributed by atoms with Gasteiger partial charge < -0.3 is 4.74 Å². The number of carbonyl (C=O) groups is 1. The van der Waals surface area contributed by atoms with E-state index in [1.165, 1.54) is 0 Å². The number of ketones is 1. The first-order valence-electron chi connectivity index (χ1n) is 4.03. The molecule has 0 amide bonds. The monoisotopic (exact) mass is 368 g/mol. The summed E-state index contributed by atoms with van der Waals surface area (Å²) in [5.41, 5.74) is 0.932. The maximum atomic E-state index is 11.2. The highest BCUT2D eigenvalue weighted by atomic mass is 127. The molecular weight excluding hydrogens is 359 g/mol. The summed E-state index contributed by atoms with van der Waals surface area (Å²) in [7, 11) is 1.62. The molecular formula is C10H10BrIO2. The van der Waals surface area contributed by atoms with Crippen LogP contribution in [0.4, 0.5) is 0 Å². The van der Waals surface area contributed by atoms with E-state index in [-0.39, 0.29) is 10.6 Å². The van der Waals surface area contributed by atoms with E-state index in [1.807, 2.05) is 18.2 Å². The van der Waals surface area contributed by atoms with Crippen molar-refractivity contribution in [3.8, 4) is 5.75 Å². The molecule has 0 N–H and O–H groups in total. The lowest BCUT2D eigenvalue weighted by molar-refractivity contribution is -0.116. The number of rotatable bonds is 3. The van der Waals surface area contributed by atoms with Gasteiger partial charge in [-0.25, -0.2) is 0 Å². The molecule has 0 aliphatic rings. The molecule has 76 valence electrons. The van der Waals surface area contributed by atoms with Gasteiger partial charge in [0.15, 0.2) is 0 Å². The van der Waals surface area contributed by atoms with Crippen molar-refractivity contribution in [2.24, 2.45) is 0 Å². The molecule has 1 aromatic carbocycles. The lowest BCUT2D eigenvalue weighted by atomic mass is 10.1. The Bertz CT molecular complexity index is 352. The van der Waals surface area contributed by atoms with E-state index in [0.717, 1.165) is 14.9 Å². The summed E-state index contributed by atoms with van der Waals surface area (Å²) in [4.78, 5) is 10.9. The van der Waals surface area contributed by atoms with Crippen LogP contribution in [0.2, 0.25) is 0 Å². The molecule has 0 aliphatic heterocycles. The van der Waals surface area contributed by atoms with E-state index >= 15 is 0 Å². The molecule has 1 aromatic rings. The Kier molecular flexibility index (Phi) is 4.37. The normalized spacial score (nSPS) is 12.3. The third-order valence-electron chi connectivity index (χ3n) is 1.78. The Balaban J connectivity index is 3.08. The fourth-order valence-electron chi connectivity index (χ4n) is 1.08. The molecule has 0 fully saturated rings. The number of alkyl halides is 1. The Morgan fingerprint density at radius 2 is 2.14 bits per heavy atom. The SMILES string of the molecule is COc1cc(I)cc(C(Br)C(C)=O)c1. The third-order valence-corrected chi connectivity index (χ3v) is 3.58. The van der Waals surface area contributed by atoms with Crippen LogP contribution in [0.15, 0.2) is 18.2 Å². The van der Waals surface area contributed by atoms with Gasteiger partial charge in [0.05, 0.1) is 11.9 Å². The fourth-order valence-corrected chi connectivity index (χ4v) is 2.01. The van der Waals surface area contributed by atoms with Crippen LogP contribution in [0.3, 0.4) is 0 Å². The lowest BCUT2D eigenvalue weighted by Crippen LogP contribution is -2.01. The van der Waals surface area contributed by atoms with Crippen molar-refractivity contribution in [2.75, 3.05) is 7.11 Å².